The van der Waals surface area contributed by atoms with Crippen molar-refractivity contribution in [1.29, 1.82) is 0 Å². The van der Waals surface area contributed by atoms with E-state index in [4.69, 9.17) is 10.5 Å². The maximum absolute atomic E-state index is 11.7. The summed E-state index contributed by atoms with van der Waals surface area (Å²) in [5.41, 5.74) is 7.15. The zero-order chi connectivity index (χ0) is 15.8. The number of nitrogens with two attached hydrogens (primary N) is 1. The Morgan fingerprint density at radius 3 is 2.32 bits per heavy atom. The molecule has 0 aliphatic rings. The van der Waals surface area contributed by atoms with Crippen LogP contribution in [0.25, 0.3) is 0 Å². The van der Waals surface area contributed by atoms with E-state index in [0.29, 0.717) is 12.1 Å². The zero-order valence-corrected chi connectivity index (χ0v) is 13.9. The molecule has 0 fully saturated rings. The van der Waals surface area contributed by atoms with Crippen LogP contribution >= 0.6 is 12.4 Å². The van der Waals surface area contributed by atoms with Gasteiger partial charge in [0, 0.05) is 18.8 Å². The van der Waals surface area contributed by atoms with Crippen molar-refractivity contribution >= 4 is 29.9 Å². The van der Waals surface area contributed by atoms with Gasteiger partial charge in [0.2, 0.25) is 11.8 Å². The van der Waals surface area contributed by atoms with Gasteiger partial charge in [-0.25, -0.2) is 0 Å². The molecule has 7 heteroatoms. The summed E-state index contributed by atoms with van der Waals surface area (Å²) in [6.45, 7) is 4.00. The fourth-order valence-electron chi connectivity index (χ4n) is 1.75. The predicted molar refractivity (Wildman–Crippen MR) is 89.2 cm³/mol. The molecule has 4 N–H and O–H groups in total. The van der Waals surface area contributed by atoms with Crippen molar-refractivity contribution in [2.24, 2.45) is 5.73 Å². The molecule has 0 saturated heterocycles. The molecule has 2 amide bonds. The summed E-state index contributed by atoms with van der Waals surface area (Å²) < 4.78 is 4.83. The molecular weight excluding hydrogens is 306 g/mol. The van der Waals surface area contributed by atoms with Gasteiger partial charge in [-0.1, -0.05) is 12.1 Å². The van der Waals surface area contributed by atoms with E-state index in [-0.39, 0.29) is 36.9 Å². The van der Waals surface area contributed by atoms with Gasteiger partial charge in [-0.3, -0.25) is 9.59 Å². The van der Waals surface area contributed by atoms with Crippen LogP contribution in [0.1, 0.15) is 19.4 Å². The number of nitrogens with one attached hydrogen (secondary N) is 2. The van der Waals surface area contributed by atoms with Crippen molar-refractivity contribution in [3.63, 3.8) is 0 Å². The quantitative estimate of drug-likeness (QED) is 0.698. The number of carbonyl (C=O) groups is 2. The summed E-state index contributed by atoms with van der Waals surface area (Å²) in [6.07, 6.45) is 0.315. The van der Waals surface area contributed by atoms with Gasteiger partial charge in [-0.05, 0) is 31.5 Å². The molecule has 22 heavy (non-hydrogen) atoms. The Balaban J connectivity index is 0.00000441. The fourth-order valence-corrected chi connectivity index (χ4v) is 1.75. The maximum Gasteiger partial charge on any atom is 0.243 e. The maximum atomic E-state index is 11.7. The highest BCUT2D eigenvalue weighted by molar-refractivity contribution is 5.94. The van der Waals surface area contributed by atoms with Gasteiger partial charge in [-0.15, -0.1) is 12.4 Å². The van der Waals surface area contributed by atoms with Crippen LogP contribution in [0.4, 0.5) is 5.69 Å². The van der Waals surface area contributed by atoms with Crippen molar-refractivity contribution < 1.29 is 14.3 Å². The number of hydrogen-bond acceptors (Lipinski definition) is 4. The minimum absolute atomic E-state index is 0. The lowest BCUT2D eigenvalue weighted by Gasteiger charge is -2.12. The molecule has 0 saturated carbocycles. The number of rotatable bonds is 7. The molecule has 1 atom stereocenters. The first-order valence-corrected chi connectivity index (χ1v) is 6.86. The third-order valence-electron chi connectivity index (χ3n) is 2.72. The van der Waals surface area contributed by atoms with E-state index in [1.807, 2.05) is 13.8 Å². The standard InChI is InChI=1S/C15H23N3O3.ClH/c1-10(2)17-14(19)8-11-4-6-12(7-5-11)18-15(20)13(16)9-21-3;/h4-7,10,13H,8-9,16H2,1-3H3,(H,17,19)(H,18,20);1H. The molecule has 0 aliphatic heterocycles. The van der Waals surface area contributed by atoms with Crippen LogP contribution in [-0.4, -0.2) is 37.6 Å². The van der Waals surface area contributed by atoms with Crippen LogP contribution in [0, 0.1) is 0 Å². The molecule has 124 valence electrons. The zero-order valence-electron chi connectivity index (χ0n) is 13.1. The monoisotopic (exact) mass is 329 g/mol. The van der Waals surface area contributed by atoms with Crippen LogP contribution < -0.4 is 16.4 Å². The molecule has 0 bridgehead atoms. The normalized spacial score (nSPS) is 11.5. The molecule has 6 nitrogen and oxygen atoms in total. The topological polar surface area (TPSA) is 93.4 Å². The smallest absolute Gasteiger partial charge is 0.243 e. The molecule has 0 heterocycles. The average molecular weight is 330 g/mol. The second-order valence-electron chi connectivity index (χ2n) is 5.15. The Labute approximate surface area is 137 Å². The Hall–Kier alpha value is -1.63. The fraction of sp³-hybridized carbons (Fsp3) is 0.467. The Morgan fingerprint density at radius 2 is 1.82 bits per heavy atom. The third kappa shape index (κ3) is 7.40. The van der Waals surface area contributed by atoms with E-state index in [0.717, 1.165) is 5.56 Å². The number of anilines is 1. The number of ether oxygens (including phenoxy) is 1. The highest BCUT2D eigenvalue weighted by Crippen LogP contribution is 2.10. The molecule has 1 unspecified atom stereocenters. The number of carbonyl (C=O) groups excluding carboxylic acids is 2. The van der Waals surface area contributed by atoms with E-state index in [1.165, 1.54) is 7.11 Å². The highest BCUT2D eigenvalue weighted by atomic mass is 35.5. The van der Waals surface area contributed by atoms with Crippen LogP contribution in [0.3, 0.4) is 0 Å². The van der Waals surface area contributed by atoms with Crippen LogP contribution in [0.5, 0.6) is 0 Å². The van der Waals surface area contributed by atoms with E-state index in [9.17, 15) is 9.59 Å². The number of amides is 2. The van der Waals surface area contributed by atoms with Gasteiger partial charge in [0.1, 0.15) is 6.04 Å². The second kappa shape index (κ2) is 10.2. The van der Waals surface area contributed by atoms with Crippen molar-refractivity contribution in [3.8, 4) is 0 Å². The summed E-state index contributed by atoms with van der Waals surface area (Å²) in [6, 6.07) is 6.52. The van der Waals surface area contributed by atoms with Gasteiger partial charge in [-0.2, -0.15) is 0 Å². The SMILES string of the molecule is COCC(N)C(=O)Nc1ccc(CC(=O)NC(C)C)cc1.Cl. The Bertz CT molecular complexity index is 477. The van der Waals surface area contributed by atoms with Gasteiger partial charge < -0.3 is 21.1 Å². The molecular formula is C15H24ClN3O3. The molecule has 0 aromatic heterocycles. The van der Waals surface area contributed by atoms with E-state index < -0.39 is 6.04 Å². The van der Waals surface area contributed by atoms with Crippen molar-refractivity contribution in [3.05, 3.63) is 29.8 Å². The summed E-state index contributed by atoms with van der Waals surface area (Å²) in [5.74, 6) is -0.328. The molecule has 0 spiro atoms. The minimum Gasteiger partial charge on any atom is -0.383 e. The lowest BCUT2D eigenvalue weighted by molar-refractivity contribution is -0.121. The highest BCUT2D eigenvalue weighted by Gasteiger charge is 2.13. The van der Waals surface area contributed by atoms with Gasteiger partial charge in [0.15, 0.2) is 0 Å². The van der Waals surface area contributed by atoms with Crippen molar-refractivity contribution in [1.82, 2.24) is 5.32 Å². The number of benzene rings is 1. The molecule has 0 radical (unpaired) electrons. The van der Waals surface area contributed by atoms with Crippen molar-refractivity contribution in [2.45, 2.75) is 32.4 Å². The average Bonchev–Trinajstić information content (AvgIpc) is 2.40. The third-order valence-corrected chi connectivity index (χ3v) is 2.72. The van der Waals surface area contributed by atoms with Crippen LogP contribution in [-0.2, 0) is 20.7 Å². The number of methoxy groups -OCH3 is 1. The van der Waals surface area contributed by atoms with E-state index in [1.54, 1.807) is 24.3 Å². The molecule has 0 aliphatic carbocycles. The summed E-state index contributed by atoms with van der Waals surface area (Å²) in [5, 5.41) is 5.52. The predicted octanol–water partition coefficient (Wildman–Crippen LogP) is 1.09. The lowest BCUT2D eigenvalue weighted by Crippen LogP contribution is -2.39. The summed E-state index contributed by atoms with van der Waals surface area (Å²) in [4.78, 5) is 23.3. The van der Waals surface area contributed by atoms with Crippen LogP contribution in [0.15, 0.2) is 24.3 Å². The van der Waals surface area contributed by atoms with Crippen LogP contribution in [0.2, 0.25) is 0 Å². The van der Waals surface area contributed by atoms with Gasteiger partial charge in [0.05, 0.1) is 13.0 Å². The van der Waals surface area contributed by atoms with E-state index in [2.05, 4.69) is 10.6 Å². The number of hydrogen-bond donors (Lipinski definition) is 3. The molecule has 1 rings (SSSR count). The summed E-state index contributed by atoms with van der Waals surface area (Å²) in [7, 11) is 1.49. The lowest BCUT2D eigenvalue weighted by atomic mass is 10.1. The first-order chi connectivity index (χ1) is 9.92. The largest absolute Gasteiger partial charge is 0.383 e. The molecule has 1 aromatic carbocycles. The number of halogens is 1. The van der Waals surface area contributed by atoms with Gasteiger partial charge in [0.25, 0.3) is 0 Å². The summed E-state index contributed by atoms with van der Waals surface area (Å²) >= 11 is 0. The Morgan fingerprint density at radius 1 is 1.23 bits per heavy atom. The second-order valence-corrected chi connectivity index (χ2v) is 5.15. The first kappa shape index (κ1) is 20.4. The first-order valence-electron chi connectivity index (χ1n) is 6.86. The minimum atomic E-state index is -0.702. The Kier molecular flexibility index (Phi) is 9.40. The van der Waals surface area contributed by atoms with E-state index >= 15 is 0 Å². The molecule has 1 aromatic rings. The van der Waals surface area contributed by atoms with Gasteiger partial charge >= 0.3 is 0 Å². The van der Waals surface area contributed by atoms with Crippen molar-refractivity contribution in [2.75, 3.05) is 19.0 Å².